The molecule has 1 aliphatic rings. The first-order valence-corrected chi connectivity index (χ1v) is 38.5. The summed E-state index contributed by atoms with van der Waals surface area (Å²) in [6, 6.07) is 6.48. The average molecular weight is 1330 g/mol. The summed E-state index contributed by atoms with van der Waals surface area (Å²) in [7, 11) is -3.64. The third-order valence-corrected chi connectivity index (χ3v) is 40.9. The SMILES string of the molecule is Brc1ccsc1-c1nccs1.C.C.CC(C)[Si](C#C[B-]1(C#C[Si](C(C)C)(C(C)C)C(C)C)c2ccsc2-c2scc[n+]21)(C(C)C)C(C)C.COB(C)c1ccsc1-c1nccs1.[Br-].[C-]#C[Si](C(C)C)(C(C)C)C(C)C.[Mg+2]. The molecule has 0 saturated heterocycles. The van der Waals surface area contributed by atoms with Gasteiger partial charge >= 0.3 is 36.2 Å². The first kappa shape index (κ1) is 75.1. The largest absolute Gasteiger partial charge is 2.00 e. The van der Waals surface area contributed by atoms with Gasteiger partial charge in [-0.3, -0.25) is 0 Å². The molecule has 76 heavy (non-hydrogen) atoms. The molecule has 0 radical (unpaired) electrons. The van der Waals surface area contributed by atoms with Gasteiger partial charge in [-0.25, -0.2) is 21.6 Å². The molecular weight excluding hydrogens is 1240 g/mol. The number of hydrogen-bond donors (Lipinski definition) is 0. The summed E-state index contributed by atoms with van der Waals surface area (Å²) in [6.07, 6.45) is 12.0. The minimum Gasteiger partial charge on any atom is -1.00 e. The van der Waals surface area contributed by atoms with Crippen molar-refractivity contribution in [2.75, 3.05) is 7.11 Å². The maximum Gasteiger partial charge on any atom is 2.00 e. The molecule has 0 atom stereocenters. The summed E-state index contributed by atoms with van der Waals surface area (Å²) in [4.78, 5) is 12.4. The topological polar surface area (TPSA) is 38.9 Å². The van der Waals surface area contributed by atoms with Gasteiger partial charge in [0.15, 0.2) is 0 Å². The smallest absolute Gasteiger partial charge is 1.00 e. The van der Waals surface area contributed by atoms with Crippen molar-refractivity contribution < 1.29 is 26.1 Å². The maximum atomic E-state index is 7.51. The fourth-order valence-electron chi connectivity index (χ4n) is 11.9. The second kappa shape index (κ2) is 33.3. The number of rotatable bonds is 13. The molecule has 0 unspecified atom stereocenters. The van der Waals surface area contributed by atoms with Crippen molar-refractivity contribution >= 4 is 155 Å². The first-order chi connectivity index (χ1) is 33.9. The summed E-state index contributed by atoms with van der Waals surface area (Å²) in [6.45, 7) is 44.6. The summed E-state index contributed by atoms with van der Waals surface area (Å²) in [5, 5.41) is 16.1. The second-order valence-corrected chi connectivity index (χ2v) is 44.9. The van der Waals surface area contributed by atoms with Crippen molar-refractivity contribution in [3.8, 4) is 57.9 Å². The standard InChI is InChI=1S/C29H46BNS2Si2.C11H21Si.C9H10BNOS2.C7H4BrNS2.2CH4.BrH.Mg/c1-21(2)34(22(3)4,23(5)6)19-14-30(15-20-35(24(7)8,25(9)10)26(11)12)27-13-17-32-28(27)29-31(30)16-18-33-29;1-8-12(9(2)3,10(4)5)11(6)7;1-10(12-2)7-3-5-13-8(7)9-11-4-6-14-9;8-5-1-3-10-6(5)7-9-2-4-11-7;;;;/h13,16-18,21-26H,1-12H3;9-11H,2-7H3;3-6H,1-2H3;1-4H;2*1H4;1H;/q;-1;;;;;;+2/p-1. The zero-order valence-corrected chi connectivity index (χ0v) is 60.4. The molecule has 6 aromatic heterocycles. The number of thiazole rings is 3. The van der Waals surface area contributed by atoms with Gasteiger partial charge in [-0.1, -0.05) is 175 Å². The molecule has 0 spiro atoms. The van der Waals surface area contributed by atoms with E-state index in [0.717, 1.165) is 14.5 Å². The van der Waals surface area contributed by atoms with Crippen LogP contribution in [0.2, 0.25) is 56.7 Å². The minimum absolute atomic E-state index is 0. The number of nitrogens with zero attached hydrogens (tertiary/aromatic N) is 3. The van der Waals surface area contributed by atoms with Crippen LogP contribution in [0.15, 0.2) is 73.5 Å². The molecule has 1 aliphatic heterocycles. The Labute approximate surface area is 526 Å². The van der Waals surface area contributed by atoms with E-state index in [1.807, 2.05) is 51.9 Å². The van der Waals surface area contributed by atoms with E-state index in [1.54, 1.807) is 52.5 Å². The predicted molar refractivity (Wildman–Crippen MR) is 360 cm³/mol. The monoisotopic (exact) mass is 1320 g/mol. The average Bonchev–Trinajstić information content (AvgIpc) is 4.17. The molecule has 0 fully saturated rings. The summed E-state index contributed by atoms with van der Waals surface area (Å²) in [5.74, 6) is 8.11. The van der Waals surface area contributed by atoms with Gasteiger partial charge in [0.1, 0.15) is 32.4 Å². The van der Waals surface area contributed by atoms with Gasteiger partial charge in [0.2, 0.25) is 5.01 Å². The van der Waals surface area contributed by atoms with Crippen LogP contribution in [0.3, 0.4) is 0 Å². The van der Waals surface area contributed by atoms with Crippen molar-refractivity contribution in [2.45, 2.75) is 196 Å². The van der Waals surface area contributed by atoms with E-state index in [-0.39, 0.29) is 61.8 Å². The Kier molecular flexibility index (Phi) is 32.9. The van der Waals surface area contributed by atoms with Gasteiger partial charge in [-0.2, -0.15) is 11.1 Å². The quantitative estimate of drug-likeness (QED) is 0.0657. The van der Waals surface area contributed by atoms with E-state index >= 15 is 0 Å². The Bertz CT molecular complexity index is 2610. The van der Waals surface area contributed by atoms with Crippen LogP contribution in [0.25, 0.3) is 29.7 Å². The molecule has 0 saturated carbocycles. The summed E-state index contributed by atoms with van der Waals surface area (Å²) in [5.41, 5.74) is 19.3. The maximum absolute atomic E-state index is 7.51. The molecule has 0 aliphatic carbocycles. The van der Waals surface area contributed by atoms with Gasteiger partial charge in [0.05, 0.1) is 28.1 Å². The number of hydrogen-bond acceptors (Lipinski definition) is 9. The predicted octanol–water partition coefficient (Wildman–Crippen LogP) is 16.0. The molecule has 412 valence electrons. The summed E-state index contributed by atoms with van der Waals surface area (Å²) >= 11 is 13.9. The zero-order chi connectivity index (χ0) is 53.9. The number of aromatic nitrogens is 3. The van der Waals surface area contributed by atoms with Crippen LogP contribution in [0, 0.1) is 34.7 Å². The zero-order valence-electron chi connectivity index (χ0n) is 47.9. The van der Waals surface area contributed by atoms with Gasteiger partial charge in [0, 0.05) is 34.7 Å². The molecule has 6 aromatic rings. The molecule has 7 rings (SSSR count). The van der Waals surface area contributed by atoms with E-state index in [9.17, 15) is 0 Å². The van der Waals surface area contributed by atoms with Crippen LogP contribution in [-0.2, 0) is 4.65 Å². The van der Waals surface area contributed by atoms with Crippen molar-refractivity contribution in [1.29, 1.82) is 0 Å². The molecule has 18 heteroatoms. The van der Waals surface area contributed by atoms with Gasteiger partial charge < -0.3 is 38.1 Å². The van der Waals surface area contributed by atoms with E-state index < -0.39 is 30.5 Å². The minimum atomic E-state index is -1.89. The fraction of sp³-hybridized carbons (Fsp3) is 0.534. The Morgan fingerprint density at radius 3 is 1.32 bits per heavy atom. The third-order valence-electron chi connectivity index (χ3n) is 15.6. The van der Waals surface area contributed by atoms with E-state index in [0.29, 0.717) is 49.9 Å². The van der Waals surface area contributed by atoms with Crippen LogP contribution in [0.5, 0.6) is 0 Å². The normalized spacial score (nSPS) is 12.3. The Morgan fingerprint density at radius 2 is 0.961 bits per heavy atom. The van der Waals surface area contributed by atoms with Gasteiger partial charge in [-0.15, -0.1) is 56.7 Å². The van der Waals surface area contributed by atoms with E-state index in [4.69, 9.17) is 11.1 Å². The molecule has 0 amide bonds. The van der Waals surface area contributed by atoms with Gasteiger partial charge in [0.25, 0.3) is 0 Å². The summed E-state index contributed by atoms with van der Waals surface area (Å²) < 4.78 is 8.93. The molecule has 0 N–H and O–H groups in total. The van der Waals surface area contributed by atoms with Crippen molar-refractivity contribution in [3.05, 3.63) is 80.0 Å². The van der Waals surface area contributed by atoms with Crippen LogP contribution in [0.1, 0.15) is 139 Å². The van der Waals surface area contributed by atoms with E-state index in [2.05, 4.69) is 230 Å². The molecule has 0 bridgehead atoms. The molecular formula is C58H89B2Br2MgN3OS6Si3. The Balaban J connectivity index is 0.00000113. The molecule has 0 aromatic carbocycles. The Morgan fingerprint density at radius 1 is 0.566 bits per heavy atom. The number of thiophene rings is 3. The number of halogens is 2. The fourth-order valence-corrected chi connectivity index (χ4v) is 33.7. The van der Waals surface area contributed by atoms with Crippen LogP contribution >= 0.6 is 84.0 Å². The van der Waals surface area contributed by atoms with Crippen LogP contribution < -0.4 is 32.4 Å². The van der Waals surface area contributed by atoms with Crippen molar-refractivity contribution in [3.63, 3.8) is 0 Å². The molecule has 4 nitrogen and oxygen atoms in total. The first-order valence-electron chi connectivity index (χ1n) is 25.8. The van der Waals surface area contributed by atoms with Gasteiger partial charge in [-0.05, 0) is 93.5 Å². The van der Waals surface area contributed by atoms with Crippen LogP contribution in [0.4, 0.5) is 0 Å². The van der Waals surface area contributed by atoms with E-state index in [1.165, 1.54) is 30.6 Å². The molecule has 7 heterocycles. The number of fused-ring (bicyclic) bond motifs is 3. The Hall–Kier alpha value is -0.863. The van der Waals surface area contributed by atoms with Crippen molar-refractivity contribution in [2.24, 2.45) is 0 Å². The van der Waals surface area contributed by atoms with Crippen molar-refractivity contribution in [1.82, 2.24) is 9.97 Å². The third kappa shape index (κ3) is 16.0. The second-order valence-electron chi connectivity index (χ2n) is 21.9. The van der Waals surface area contributed by atoms with Crippen LogP contribution in [-0.4, -0.2) is 77.5 Å².